The van der Waals surface area contributed by atoms with E-state index in [1.807, 2.05) is 30.3 Å². The summed E-state index contributed by atoms with van der Waals surface area (Å²) in [6.07, 6.45) is 3.96. The van der Waals surface area contributed by atoms with Gasteiger partial charge in [-0.25, -0.2) is 9.97 Å². The Hall–Kier alpha value is -2.49. The van der Waals surface area contributed by atoms with Crippen molar-refractivity contribution >= 4 is 17.3 Å². The number of aldehydes is 1. The molecule has 0 aliphatic rings. The van der Waals surface area contributed by atoms with Crippen molar-refractivity contribution in [3.63, 3.8) is 0 Å². The lowest BCUT2D eigenvalue weighted by Crippen LogP contribution is -1.89. The van der Waals surface area contributed by atoms with Gasteiger partial charge in [0, 0.05) is 17.3 Å². The first kappa shape index (κ1) is 9.72. The average Bonchev–Trinajstić information content (AvgIpc) is 2.82. The zero-order valence-electron chi connectivity index (χ0n) is 8.92. The molecule has 0 fully saturated rings. The fourth-order valence-electron chi connectivity index (χ4n) is 1.89. The third kappa shape index (κ3) is 1.50. The van der Waals surface area contributed by atoms with Gasteiger partial charge in [0.2, 0.25) is 0 Å². The van der Waals surface area contributed by atoms with Gasteiger partial charge in [-0.1, -0.05) is 30.3 Å². The van der Waals surface area contributed by atoms with Crippen molar-refractivity contribution in [2.75, 3.05) is 0 Å². The van der Waals surface area contributed by atoms with Gasteiger partial charge in [0.1, 0.15) is 12.0 Å². The summed E-state index contributed by atoms with van der Waals surface area (Å²) in [7, 11) is 0. The predicted octanol–water partition coefficient (Wildman–Crippen LogP) is 2.44. The van der Waals surface area contributed by atoms with Crippen LogP contribution in [0.5, 0.6) is 0 Å². The van der Waals surface area contributed by atoms with Crippen LogP contribution in [0.4, 0.5) is 0 Å². The fourth-order valence-corrected chi connectivity index (χ4v) is 1.89. The van der Waals surface area contributed by atoms with E-state index in [2.05, 4.69) is 15.0 Å². The van der Waals surface area contributed by atoms with Crippen molar-refractivity contribution in [2.24, 2.45) is 0 Å². The van der Waals surface area contributed by atoms with E-state index >= 15 is 0 Å². The molecular weight excluding hydrogens is 214 g/mol. The van der Waals surface area contributed by atoms with Crippen LogP contribution in [0.25, 0.3) is 22.3 Å². The van der Waals surface area contributed by atoms with Crippen LogP contribution in [0, 0.1) is 0 Å². The molecule has 0 saturated carbocycles. The molecule has 82 valence electrons. The van der Waals surface area contributed by atoms with Crippen LogP contribution in [0.2, 0.25) is 0 Å². The summed E-state index contributed by atoms with van der Waals surface area (Å²) < 4.78 is 0. The summed E-state index contributed by atoms with van der Waals surface area (Å²) in [6.45, 7) is 0. The van der Waals surface area contributed by atoms with Gasteiger partial charge in [-0.2, -0.15) is 0 Å². The van der Waals surface area contributed by atoms with Crippen LogP contribution >= 0.6 is 0 Å². The molecule has 0 atom stereocenters. The summed E-state index contributed by atoms with van der Waals surface area (Å²) in [5.74, 6) is 0. The number of aromatic nitrogens is 3. The van der Waals surface area contributed by atoms with Crippen LogP contribution in [0.15, 0.2) is 42.9 Å². The standard InChI is InChI=1S/C13H9N3O/c17-7-10-6-14-13-11(10)12(15-8-16-13)9-4-2-1-3-5-9/h1-8H,(H,14,15,16). The Kier molecular flexibility index (Phi) is 2.19. The molecule has 0 spiro atoms. The number of hydrogen-bond donors (Lipinski definition) is 1. The number of aromatic amines is 1. The lowest BCUT2D eigenvalue weighted by atomic mass is 10.1. The van der Waals surface area contributed by atoms with E-state index < -0.39 is 0 Å². The number of H-pyrrole nitrogens is 1. The van der Waals surface area contributed by atoms with Crippen LogP contribution < -0.4 is 0 Å². The van der Waals surface area contributed by atoms with E-state index in [0.29, 0.717) is 11.2 Å². The van der Waals surface area contributed by atoms with Crippen LogP contribution in [-0.4, -0.2) is 21.2 Å². The fraction of sp³-hybridized carbons (Fsp3) is 0. The molecule has 3 aromatic rings. The van der Waals surface area contributed by atoms with Gasteiger partial charge in [-0.15, -0.1) is 0 Å². The minimum atomic E-state index is 0.583. The second kappa shape index (κ2) is 3.83. The number of fused-ring (bicyclic) bond motifs is 1. The molecule has 4 nitrogen and oxygen atoms in total. The molecule has 0 aliphatic carbocycles. The zero-order chi connectivity index (χ0) is 11.7. The quantitative estimate of drug-likeness (QED) is 0.679. The first-order valence-corrected chi connectivity index (χ1v) is 5.23. The molecule has 0 unspecified atom stereocenters. The molecule has 4 heteroatoms. The minimum absolute atomic E-state index is 0.583. The Morgan fingerprint density at radius 3 is 2.71 bits per heavy atom. The molecular formula is C13H9N3O. The topological polar surface area (TPSA) is 58.6 Å². The van der Waals surface area contributed by atoms with Gasteiger partial charge in [-0.05, 0) is 0 Å². The third-order valence-electron chi connectivity index (χ3n) is 2.67. The van der Waals surface area contributed by atoms with Gasteiger partial charge in [0.15, 0.2) is 6.29 Å². The molecule has 0 saturated heterocycles. The molecule has 17 heavy (non-hydrogen) atoms. The molecule has 1 aromatic carbocycles. The normalized spacial score (nSPS) is 10.6. The molecule has 0 bridgehead atoms. The summed E-state index contributed by atoms with van der Waals surface area (Å²) in [5, 5.41) is 0.772. The first-order valence-electron chi connectivity index (χ1n) is 5.23. The maximum absolute atomic E-state index is 11.0. The molecule has 0 amide bonds. The highest BCUT2D eigenvalue weighted by Crippen LogP contribution is 2.26. The lowest BCUT2D eigenvalue weighted by Gasteiger charge is -2.02. The molecule has 0 radical (unpaired) electrons. The van der Waals surface area contributed by atoms with Crippen molar-refractivity contribution < 1.29 is 4.79 Å². The van der Waals surface area contributed by atoms with Crippen LogP contribution in [0.1, 0.15) is 10.4 Å². The molecule has 2 heterocycles. The Labute approximate surface area is 97.3 Å². The first-order chi connectivity index (χ1) is 8.40. The Bertz CT molecular complexity index is 673. The second-order valence-corrected chi connectivity index (χ2v) is 3.67. The molecule has 1 N–H and O–H groups in total. The Morgan fingerprint density at radius 1 is 1.12 bits per heavy atom. The van der Waals surface area contributed by atoms with Gasteiger partial charge in [0.25, 0.3) is 0 Å². The van der Waals surface area contributed by atoms with Gasteiger partial charge in [0.05, 0.1) is 11.1 Å². The predicted molar refractivity (Wildman–Crippen MR) is 64.7 cm³/mol. The van der Waals surface area contributed by atoms with Crippen molar-refractivity contribution in [3.8, 4) is 11.3 Å². The second-order valence-electron chi connectivity index (χ2n) is 3.67. The zero-order valence-corrected chi connectivity index (χ0v) is 8.92. The Balaban J connectivity index is 2.36. The van der Waals surface area contributed by atoms with Crippen LogP contribution in [-0.2, 0) is 0 Å². The number of benzene rings is 1. The monoisotopic (exact) mass is 223 g/mol. The maximum atomic E-state index is 11.0. The smallest absolute Gasteiger partial charge is 0.152 e. The van der Waals surface area contributed by atoms with Gasteiger partial charge < -0.3 is 4.98 Å². The van der Waals surface area contributed by atoms with E-state index in [0.717, 1.165) is 22.9 Å². The van der Waals surface area contributed by atoms with Gasteiger partial charge in [-0.3, -0.25) is 4.79 Å². The third-order valence-corrected chi connectivity index (χ3v) is 2.67. The highest BCUT2D eigenvalue weighted by Gasteiger charge is 2.11. The lowest BCUT2D eigenvalue weighted by molar-refractivity contribution is 0.112. The van der Waals surface area contributed by atoms with Crippen molar-refractivity contribution in [3.05, 3.63) is 48.4 Å². The molecule has 0 aliphatic heterocycles. The van der Waals surface area contributed by atoms with Crippen LogP contribution in [0.3, 0.4) is 0 Å². The number of carbonyl (C=O) groups excluding carboxylic acids is 1. The number of nitrogens with one attached hydrogen (secondary N) is 1. The summed E-state index contributed by atoms with van der Waals surface area (Å²) in [5.41, 5.74) is 3.02. The number of carbonyl (C=O) groups is 1. The van der Waals surface area contributed by atoms with Gasteiger partial charge >= 0.3 is 0 Å². The van der Waals surface area contributed by atoms with E-state index in [1.165, 1.54) is 6.33 Å². The summed E-state index contributed by atoms with van der Waals surface area (Å²) in [6, 6.07) is 9.75. The highest BCUT2D eigenvalue weighted by molar-refractivity contribution is 6.02. The Morgan fingerprint density at radius 2 is 1.94 bits per heavy atom. The highest BCUT2D eigenvalue weighted by atomic mass is 16.1. The number of nitrogens with zero attached hydrogens (tertiary/aromatic N) is 2. The number of rotatable bonds is 2. The largest absolute Gasteiger partial charge is 0.345 e. The van der Waals surface area contributed by atoms with E-state index in [1.54, 1.807) is 6.20 Å². The molecule has 3 rings (SSSR count). The summed E-state index contributed by atoms with van der Waals surface area (Å²) in [4.78, 5) is 22.3. The van der Waals surface area contributed by atoms with Crippen molar-refractivity contribution in [2.45, 2.75) is 0 Å². The maximum Gasteiger partial charge on any atom is 0.152 e. The molecule has 2 aromatic heterocycles. The number of hydrogen-bond acceptors (Lipinski definition) is 3. The van der Waals surface area contributed by atoms with Crippen molar-refractivity contribution in [1.82, 2.24) is 15.0 Å². The van der Waals surface area contributed by atoms with E-state index in [-0.39, 0.29) is 0 Å². The minimum Gasteiger partial charge on any atom is -0.345 e. The van der Waals surface area contributed by atoms with E-state index in [4.69, 9.17) is 0 Å². The SMILES string of the molecule is O=Cc1c[nH]c2ncnc(-c3ccccc3)c12. The van der Waals surface area contributed by atoms with E-state index in [9.17, 15) is 4.79 Å². The van der Waals surface area contributed by atoms with Crippen molar-refractivity contribution in [1.29, 1.82) is 0 Å². The average molecular weight is 223 g/mol. The summed E-state index contributed by atoms with van der Waals surface area (Å²) >= 11 is 0.